The minimum Gasteiger partial charge on any atom is -0.333 e. The van der Waals surface area contributed by atoms with E-state index in [0.717, 1.165) is 10.6 Å². The van der Waals surface area contributed by atoms with Crippen LogP contribution in [0, 0.1) is 10.1 Å². The van der Waals surface area contributed by atoms with Crippen molar-refractivity contribution in [3.63, 3.8) is 0 Å². The molecule has 31 heavy (non-hydrogen) atoms. The minimum atomic E-state index is -0.483. The van der Waals surface area contributed by atoms with Crippen LogP contribution in [0.3, 0.4) is 0 Å². The lowest BCUT2D eigenvalue weighted by Gasteiger charge is -2.26. The summed E-state index contributed by atoms with van der Waals surface area (Å²) in [6.45, 7) is 1.03. The van der Waals surface area contributed by atoms with E-state index in [1.807, 2.05) is 18.2 Å². The Bertz CT molecular complexity index is 1170. The maximum Gasteiger partial charge on any atom is 0.270 e. The first-order valence-electron chi connectivity index (χ1n) is 9.56. The summed E-state index contributed by atoms with van der Waals surface area (Å²) in [6, 6.07) is 15.2. The number of aromatic nitrogens is 1. The van der Waals surface area contributed by atoms with Crippen molar-refractivity contribution >= 4 is 40.0 Å². The van der Waals surface area contributed by atoms with Crippen LogP contribution in [0.4, 0.5) is 10.8 Å². The summed E-state index contributed by atoms with van der Waals surface area (Å²) >= 11 is 1.35. The number of fused-ring (bicyclic) bond motifs is 1. The number of amides is 2. The zero-order chi connectivity index (χ0) is 21.8. The van der Waals surface area contributed by atoms with E-state index in [9.17, 15) is 19.7 Å². The Hall–Kier alpha value is -3.85. The van der Waals surface area contributed by atoms with E-state index in [1.54, 1.807) is 29.2 Å². The van der Waals surface area contributed by atoms with E-state index in [1.165, 1.54) is 35.6 Å². The zero-order valence-corrected chi connectivity index (χ0v) is 17.2. The van der Waals surface area contributed by atoms with Crippen LogP contribution >= 0.6 is 11.3 Å². The maximum atomic E-state index is 12.7. The molecule has 0 saturated carbocycles. The van der Waals surface area contributed by atoms with Gasteiger partial charge in [0.25, 0.3) is 11.6 Å². The molecule has 2 aromatic carbocycles. The van der Waals surface area contributed by atoms with E-state index < -0.39 is 4.92 Å². The number of nitro benzene ring substituents is 1. The highest BCUT2D eigenvalue weighted by Gasteiger charge is 2.25. The Labute approximate surface area is 182 Å². The molecule has 0 atom stereocenters. The summed E-state index contributed by atoms with van der Waals surface area (Å²) < 4.78 is 0. The number of nitro groups is 1. The third-order valence-electron chi connectivity index (χ3n) is 4.78. The van der Waals surface area contributed by atoms with Crippen LogP contribution in [0.15, 0.2) is 60.7 Å². The number of hydrogen-bond donors (Lipinski definition) is 1. The Kier molecular flexibility index (Phi) is 5.85. The molecule has 156 valence electrons. The van der Waals surface area contributed by atoms with Crippen molar-refractivity contribution in [3.05, 3.63) is 92.5 Å². The molecule has 0 spiro atoms. The topological polar surface area (TPSA) is 105 Å². The van der Waals surface area contributed by atoms with Gasteiger partial charge in [-0.25, -0.2) is 4.98 Å². The molecule has 1 aromatic heterocycles. The number of carbonyl (C=O) groups is 2. The molecule has 0 unspecified atom stereocenters. The second kappa shape index (κ2) is 8.88. The molecule has 0 aliphatic carbocycles. The molecule has 2 amide bonds. The summed E-state index contributed by atoms with van der Waals surface area (Å²) in [5, 5.41) is 14.0. The third-order valence-corrected chi connectivity index (χ3v) is 5.78. The number of nitrogens with one attached hydrogen (secondary N) is 1. The molecule has 2 heterocycles. The van der Waals surface area contributed by atoms with Crippen molar-refractivity contribution < 1.29 is 14.5 Å². The Morgan fingerprint density at radius 1 is 1.16 bits per heavy atom. The van der Waals surface area contributed by atoms with Crippen molar-refractivity contribution in [2.24, 2.45) is 0 Å². The lowest BCUT2D eigenvalue weighted by Crippen LogP contribution is -2.35. The van der Waals surface area contributed by atoms with Gasteiger partial charge < -0.3 is 4.90 Å². The van der Waals surface area contributed by atoms with Crippen LogP contribution in [0.5, 0.6) is 0 Å². The van der Waals surface area contributed by atoms with Crippen LogP contribution in [0.1, 0.15) is 26.5 Å². The van der Waals surface area contributed by atoms with Crippen LogP contribution in [-0.2, 0) is 17.8 Å². The number of anilines is 1. The van der Waals surface area contributed by atoms with Crippen LogP contribution < -0.4 is 5.32 Å². The maximum absolute atomic E-state index is 12.7. The average molecular weight is 434 g/mol. The van der Waals surface area contributed by atoms with Crippen LogP contribution in [0.2, 0.25) is 0 Å². The number of non-ortho nitro benzene ring substituents is 1. The first kappa shape index (κ1) is 20.4. The molecule has 1 N–H and O–H groups in total. The predicted octanol–water partition coefficient (Wildman–Crippen LogP) is 3.90. The fraction of sp³-hybridized carbons (Fsp3) is 0.136. The lowest BCUT2D eigenvalue weighted by atomic mass is 10.1. The van der Waals surface area contributed by atoms with Gasteiger partial charge in [0.2, 0.25) is 5.91 Å². The Balaban J connectivity index is 1.40. The molecule has 8 nitrogen and oxygen atoms in total. The number of carbonyl (C=O) groups excluding carboxylic acids is 2. The SMILES string of the molecule is O=C(/C=C/c1cccc([N+](=O)[O-])c1)Nc1nc2c(s1)CN(C(=O)c1ccccc1)CC2. The first-order chi connectivity index (χ1) is 15.0. The summed E-state index contributed by atoms with van der Waals surface area (Å²) in [6.07, 6.45) is 3.45. The summed E-state index contributed by atoms with van der Waals surface area (Å²) in [5.74, 6) is -0.403. The number of hydrogen-bond acceptors (Lipinski definition) is 6. The second-order valence-corrected chi connectivity index (χ2v) is 7.99. The molecular weight excluding hydrogens is 416 g/mol. The molecule has 0 bridgehead atoms. The highest BCUT2D eigenvalue weighted by atomic mass is 32.1. The second-order valence-electron chi connectivity index (χ2n) is 6.91. The van der Waals surface area contributed by atoms with E-state index >= 15 is 0 Å². The summed E-state index contributed by atoms with van der Waals surface area (Å²) in [4.78, 5) is 42.5. The molecule has 0 radical (unpaired) electrons. The van der Waals surface area contributed by atoms with Gasteiger partial charge in [-0.3, -0.25) is 25.0 Å². The Morgan fingerprint density at radius 3 is 2.74 bits per heavy atom. The van der Waals surface area contributed by atoms with Gasteiger partial charge in [0.1, 0.15) is 0 Å². The van der Waals surface area contributed by atoms with E-state index in [4.69, 9.17) is 0 Å². The van der Waals surface area contributed by atoms with Crippen molar-refractivity contribution in [3.8, 4) is 0 Å². The van der Waals surface area contributed by atoms with Crippen molar-refractivity contribution in [1.82, 2.24) is 9.88 Å². The molecule has 0 fully saturated rings. The highest BCUT2D eigenvalue weighted by Crippen LogP contribution is 2.29. The molecule has 1 aliphatic rings. The lowest BCUT2D eigenvalue weighted by molar-refractivity contribution is -0.384. The first-order valence-corrected chi connectivity index (χ1v) is 10.4. The molecule has 0 saturated heterocycles. The highest BCUT2D eigenvalue weighted by molar-refractivity contribution is 7.15. The van der Waals surface area contributed by atoms with Gasteiger partial charge in [-0.05, 0) is 23.8 Å². The van der Waals surface area contributed by atoms with Gasteiger partial charge in [0.15, 0.2) is 5.13 Å². The Morgan fingerprint density at radius 2 is 1.97 bits per heavy atom. The van der Waals surface area contributed by atoms with Gasteiger partial charge in [-0.2, -0.15) is 0 Å². The van der Waals surface area contributed by atoms with E-state index in [2.05, 4.69) is 10.3 Å². The third kappa shape index (κ3) is 4.84. The van der Waals surface area contributed by atoms with E-state index in [0.29, 0.717) is 35.8 Å². The molecule has 1 aliphatic heterocycles. The largest absolute Gasteiger partial charge is 0.333 e. The quantitative estimate of drug-likeness (QED) is 0.372. The molecule has 9 heteroatoms. The minimum absolute atomic E-state index is 0.0230. The monoisotopic (exact) mass is 434 g/mol. The normalized spacial score (nSPS) is 13.1. The standard InChI is InChI=1S/C22H18N4O4S/c27-20(10-9-15-5-4-8-17(13-15)26(29)30)24-22-23-18-11-12-25(14-19(18)31-22)21(28)16-6-2-1-3-7-16/h1-10,13H,11-12,14H2,(H,23,24,27)/b10-9+. The van der Waals surface area contributed by atoms with Crippen molar-refractivity contribution in [1.29, 1.82) is 0 Å². The molecule has 4 rings (SSSR count). The zero-order valence-electron chi connectivity index (χ0n) is 16.4. The molecular formula is C22H18N4O4S. The summed E-state index contributed by atoms with van der Waals surface area (Å²) in [7, 11) is 0. The fourth-order valence-corrected chi connectivity index (χ4v) is 4.27. The smallest absolute Gasteiger partial charge is 0.270 e. The van der Waals surface area contributed by atoms with Gasteiger partial charge in [0, 0.05) is 41.6 Å². The van der Waals surface area contributed by atoms with Crippen LogP contribution in [-0.4, -0.2) is 33.2 Å². The average Bonchev–Trinajstić information content (AvgIpc) is 3.19. The van der Waals surface area contributed by atoms with Gasteiger partial charge in [0.05, 0.1) is 17.2 Å². The van der Waals surface area contributed by atoms with E-state index in [-0.39, 0.29) is 17.5 Å². The predicted molar refractivity (Wildman–Crippen MR) is 118 cm³/mol. The summed E-state index contributed by atoms with van der Waals surface area (Å²) in [5.41, 5.74) is 2.05. The number of rotatable bonds is 5. The fourth-order valence-electron chi connectivity index (χ4n) is 3.25. The number of nitrogens with zero attached hydrogens (tertiary/aromatic N) is 3. The van der Waals surface area contributed by atoms with Crippen LogP contribution in [0.25, 0.3) is 6.08 Å². The molecule has 3 aromatic rings. The van der Waals surface area contributed by atoms with Crippen molar-refractivity contribution in [2.45, 2.75) is 13.0 Å². The number of benzene rings is 2. The van der Waals surface area contributed by atoms with Gasteiger partial charge in [-0.1, -0.05) is 41.7 Å². The van der Waals surface area contributed by atoms with Crippen molar-refractivity contribution in [2.75, 3.05) is 11.9 Å². The number of thiazole rings is 1. The van der Waals surface area contributed by atoms with Gasteiger partial charge >= 0.3 is 0 Å². The van der Waals surface area contributed by atoms with Gasteiger partial charge in [-0.15, -0.1) is 0 Å².